The van der Waals surface area contributed by atoms with Gasteiger partial charge in [-0.15, -0.1) is 0 Å². The lowest BCUT2D eigenvalue weighted by molar-refractivity contribution is -0.144. The third kappa shape index (κ3) is 3.52. The normalized spacial score (nSPS) is 17.8. The second kappa shape index (κ2) is 8.10. The number of hydrogen-bond acceptors (Lipinski definition) is 7. The Bertz CT molecular complexity index is 959. The van der Waals surface area contributed by atoms with Crippen LogP contribution in [0.2, 0.25) is 5.15 Å². The monoisotopic (exact) mass is 407 g/mol. The van der Waals surface area contributed by atoms with Crippen LogP contribution in [0.15, 0.2) is 23.0 Å². The Kier molecular flexibility index (Phi) is 5.79. The number of fused-ring (bicyclic) bond motifs is 1. The number of methoxy groups -OCH3 is 3. The van der Waals surface area contributed by atoms with E-state index in [1.165, 1.54) is 11.7 Å². The van der Waals surface area contributed by atoms with E-state index in [1.807, 2.05) is 13.0 Å². The average Bonchev–Trinajstić information content (AvgIpc) is 3.06. The first-order valence-corrected chi connectivity index (χ1v) is 9.13. The number of nitrogens with zero attached hydrogens (tertiary/aromatic N) is 2. The highest BCUT2D eigenvalue weighted by atomic mass is 35.5. The van der Waals surface area contributed by atoms with Crippen molar-refractivity contribution in [3.63, 3.8) is 0 Å². The van der Waals surface area contributed by atoms with Crippen molar-refractivity contribution < 1.29 is 19.0 Å². The summed E-state index contributed by atoms with van der Waals surface area (Å²) in [4.78, 5) is 29.3. The van der Waals surface area contributed by atoms with Crippen LogP contribution in [0.25, 0.3) is 0 Å². The summed E-state index contributed by atoms with van der Waals surface area (Å²) in [5.74, 6) is 0.787. The largest absolute Gasteiger partial charge is 0.497 e. The first-order valence-electron chi connectivity index (χ1n) is 8.75. The number of hydrogen-bond donors (Lipinski definition) is 1. The van der Waals surface area contributed by atoms with Gasteiger partial charge in [-0.3, -0.25) is 9.36 Å². The Morgan fingerprint density at radius 3 is 2.71 bits per heavy atom. The van der Waals surface area contributed by atoms with Crippen LogP contribution in [0.4, 0.5) is 5.82 Å². The molecule has 3 rings (SSSR count). The van der Waals surface area contributed by atoms with E-state index in [2.05, 4.69) is 10.3 Å². The van der Waals surface area contributed by atoms with E-state index in [1.54, 1.807) is 26.4 Å². The summed E-state index contributed by atoms with van der Waals surface area (Å²) in [7, 11) is 4.43. The van der Waals surface area contributed by atoms with Gasteiger partial charge in [0.05, 0.1) is 27.0 Å². The molecule has 2 aromatic rings. The molecule has 2 heterocycles. The van der Waals surface area contributed by atoms with E-state index < -0.39 is 17.6 Å². The van der Waals surface area contributed by atoms with E-state index in [4.69, 9.17) is 25.8 Å². The molecule has 8 nitrogen and oxygen atoms in total. The summed E-state index contributed by atoms with van der Waals surface area (Å²) in [5.41, 5.74) is 0.949. The van der Waals surface area contributed by atoms with Crippen LogP contribution in [-0.2, 0) is 16.1 Å². The van der Waals surface area contributed by atoms with Crippen LogP contribution in [0.3, 0.4) is 0 Å². The van der Waals surface area contributed by atoms with Gasteiger partial charge in [-0.25, -0.2) is 9.78 Å². The van der Waals surface area contributed by atoms with Crippen molar-refractivity contribution in [1.29, 1.82) is 0 Å². The van der Waals surface area contributed by atoms with Crippen LogP contribution in [0.5, 0.6) is 11.5 Å². The van der Waals surface area contributed by atoms with Gasteiger partial charge in [0.2, 0.25) is 0 Å². The van der Waals surface area contributed by atoms with Crippen LogP contribution in [-0.4, -0.2) is 36.8 Å². The molecule has 9 heteroatoms. The number of carbonyl (C=O) groups is 1. The SMILES string of the molecule is COC(=O)C1CC(C)c2c(Cl)nc(NCc3ccc(OC)cc3OC)c(=O)n21. The highest BCUT2D eigenvalue weighted by Crippen LogP contribution is 2.38. The number of benzene rings is 1. The van der Waals surface area contributed by atoms with Crippen LogP contribution in [0.1, 0.15) is 36.6 Å². The molecule has 0 amide bonds. The number of rotatable bonds is 6. The first kappa shape index (κ1) is 20.0. The topological polar surface area (TPSA) is 91.7 Å². The molecular weight excluding hydrogens is 386 g/mol. The lowest BCUT2D eigenvalue weighted by Gasteiger charge is -2.16. The minimum atomic E-state index is -0.709. The quantitative estimate of drug-likeness (QED) is 0.736. The van der Waals surface area contributed by atoms with Crippen LogP contribution < -0.4 is 20.3 Å². The van der Waals surface area contributed by atoms with Gasteiger partial charge in [0.25, 0.3) is 5.56 Å². The Morgan fingerprint density at radius 2 is 2.07 bits per heavy atom. The summed E-state index contributed by atoms with van der Waals surface area (Å²) < 4.78 is 16.8. The van der Waals surface area contributed by atoms with Crippen LogP contribution in [0, 0.1) is 0 Å². The fourth-order valence-electron chi connectivity index (χ4n) is 3.46. The summed E-state index contributed by atoms with van der Waals surface area (Å²) in [6.45, 7) is 2.18. The zero-order valence-electron chi connectivity index (χ0n) is 16.1. The molecule has 150 valence electrons. The lowest BCUT2D eigenvalue weighted by Crippen LogP contribution is -2.31. The molecule has 28 heavy (non-hydrogen) atoms. The van der Waals surface area contributed by atoms with Crippen molar-refractivity contribution in [3.05, 3.63) is 45.0 Å². The standard InChI is InChI=1S/C19H22ClN3O5/c1-10-7-13(19(25)28-4)23-15(10)16(20)22-17(18(23)24)21-9-11-5-6-12(26-2)8-14(11)27-3/h5-6,8,10,13H,7,9H2,1-4H3,(H,21,22). The van der Waals surface area contributed by atoms with Crippen molar-refractivity contribution in [2.24, 2.45) is 0 Å². The van der Waals surface area contributed by atoms with Gasteiger partial charge in [-0.05, 0) is 18.6 Å². The predicted octanol–water partition coefficient (Wildman–Crippen LogP) is 2.75. The number of aromatic nitrogens is 2. The number of esters is 1. The minimum Gasteiger partial charge on any atom is -0.497 e. The minimum absolute atomic E-state index is 0.0645. The van der Waals surface area contributed by atoms with E-state index >= 15 is 0 Å². The Morgan fingerprint density at radius 1 is 1.32 bits per heavy atom. The van der Waals surface area contributed by atoms with Gasteiger partial charge in [-0.1, -0.05) is 18.5 Å². The molecule has 0 spiro atoms. The molecule has 2 unspecified atom stereocenters. The van der Waals surface area contributed by atoms with Gasteiger partial charge in [0.15, 0.2) is 11.0 Å². The molecule has 1 aliphatic rings. The molecule has 0 fully saturated rings. The Balaban J connectivity index is 1.94. The van der Waals surface area contributed by atoms with Gasteiger partial charge in [0.1, 0.15) is 17.5 Å². The van der Waals surface area contributed by atoms with Crippen LogP contribution >= 0.6 is 11.6 Å². The third-order valence-corrected chi connectivity index (χ3v) is 5.15. The molecule has 1 aromatic carbocycles. The van der Waals surface area contributed by atoms with E-state index in [0.717, 1.165) is 5.56 Å². The fourth-order valence-corrected chi connectivity index (χ4v) is 3.82. The zero-order chi connectivity index (χ0) is 20.4. The molecule has 0 saturated carbocycles. The summed E-state index contributed by atoms with van der Waals surface area (Å²) in [6, 6.07) is 4.67. The summed E-state index contributed by atoms with van der Waals surface area (Å²) in [5, 5.41) is 3.20. The molecule has 0 bridgehead atoms. The highest BCUT2D eigenvalue weighted by Gasteiger charge is 2.37. The first-order chi connectivity index (χ1) is 13.4. The molecule has 1 N–H and O–H groups in total. The Labute approximate surface area is 167 Å². The summed E-state index contributed by atoms with van der Waals surface area (Å²) in [6.07, 6.45) is 0.444. The van der Waals surface area contributed by atoms with Gasteiger partial charge < -0.3 is 19.5 Å². The maximum atomic E-state index is 13.0. The fraction of sp³-hybridized carbons (Fsp3) is 0.421. The number of halogens is 1. The van der Waals surface area contributed by atoms with Crippen molar-refractivity contribution in [2.45, 2.75) is 31.8 Å². The van der Waals surface area contributed by atoms with Gasteiger partial charge in [-0.2, -0.15) is 0 Å². The van der Waals surface area contributed by atoms with E-state index in [9.17, 15) is 9.59 Å². The number of carbonyl (C=O) groups excluding carboxylic acids is 1. The van der Waals surface area contributed by atoms with E-state index in [0.29, 0.717) is 23.6 Å². The van der Waals surface area contributed by atoms with Crippen molar-refractivity contribution >= 4 is 23.4 Å². The lowest BCUT2D eigenvalue weighted by atomic mass is 10.1. The zero-order valence-corrected chi connectivity index (χ0v) is 16.9. The number of nitrogens with one attached hydrogen (secondary N) is 1. The smallest absolute Gasteiger partial charge is 0.328 e. The molecule has 0 saturated heterocycles. The van der Waals surface area contributed by atoms with Crippen molar-refractivity contribution in [2.75, 3.05) is 26.6 Å². The predicted molar refractivity (Wildman–Crippen MR) is 104 cm³/mol. The van der Waals surface area contributed by atoms with Crippen molar-refractivity contribution in [1.82, 2.24) is 9.55 Å². The highest BCUT2D eigenvalue weighted by molar-refractivity contribution is 6.30. The molecular formula is C19H22ClN3O5. The molecule has 1 aromatic heterocycles. The molecule has 0 aliphatic carbocycles. The van der Waals surface area contributed by atoms with Crippen molar-refractivity contribution in [3.8, 4) is 11.5 Å². The summed E-state index contributed by atoms with van der Waals surface area (Å²) >= 11 is 6.33. The maximum absolute atomic E-state index is 13.0. The second-order valence-electron chi connectivity index (χ2n) is 6.52. The van der Waals surface area contributed by atoms with Gasteiger partial charge in [0, 0.05) is 24.1 Å². The number of anilines is 1. The third-order valence-electron chi connectivity index (χ3n) is 4.87. The molecule has 2 atom stereocenters. The molecule has 0 radical (unpaired) electrons. The second-order valence-corrected chi connectivity index (χ2v) is 6.88. The van der Waals surface area contributed by atoms with Gasteiger partial charge >= 0.3 is 5.97 Å². The molecule has 1 aliphatic heterocycles. The average molecular weight is 408 g/mol. The maximum Gasteiger partial charge on any atom is 0.328 e. The van der Waals surface area contributed by atoms with E-state index in [-0.39, 0.29) is 23.4 Å². The Hall–Kier alpha value is -2.74. The number of ether oxygens (including phenoxy) is 3.